The van der Waals surface area contributed by atoms with Crippen LogP contribution < -0.4 is 10.5 Å². The molecule has 1 aromatic heterocycles. The summed E-state index contributed by atoms with van der Waals surface area (Å²) < 4.78 is 17.7. The second-order valence-electron chi connectivity index (χ2n) is 7.06. The first-order chi connectivity index (χ1) is 12.5. The predicted molar refractivity (Wildman–Crippen MR) is 103 cm³/mol. The molecule has 0 saturated heterocycles. The lowest BCUT2D eigenvalue weighted by molar-refractivity contribution is -0.156. The van der Waals surface area contributed by atoms with Gasteiger partial charge < -0.3 is 18.8 Å². The maximum absolute atomic E-state index is 12.1. The van der Waals surface area contributed by atoms with Crippen LogP contribution in [0.5, 0.6) is 5.75 Å². The van der Waals surface area contributed by atoms with Crippen LogP contribution in [-0.2, 0) is 21.3 Å². The Labute approximate surface area is 163 Å². The number of aromatic nitrogens is 1. The molecule has 8 heteroatoms. The van der Waals surface area contributed by atoms with Crippen molar-refractivity contribution >= 4 is 34.4 Å². The zero-order valence-electron chi connectivity index (χ0n) is 16.2. The minimum Gasteiger partial charge on any atom is -0.473 e. The van der Waals surface area contributed by atoms with Gasteiger partial charge in [0.1, 0.15) is 17.0 Å². The van der Waals surface area contributed by atoms with E-state index in [0.717, 1.165) is 0 Å². The number of hydrogen-bond acceptors (Lipinski definition) is 6. The first-order valence-electron chi connectivity index (χ1n) is 8.62. The number of rotatable bonds is 6. The molecule has 1 heterocycles. The van der Waals surface area contributed by atoms with Gasteiger partial charge in [0.2, 0.25) is 0 Å². The molecule has 1 aromatic carbocycles. The fraction of sp³-hybridized carbons (Fsp3) is 0.474. The van der Waals surface area contributed by atoms with Crippen molar-refractivity contribution in [2.75, 3.05) is 6.61 Å². The van der Waals surface area contributed by atoms with Gasteiger partial charge in [0.15, 0.2) is 6.23 Å². The highest BCUT2D eigenvalue weighted by molar-refractivity contribution is 6.35. The number of nitrogens with zero attached hydrogens (tertiary/aromatic N) is 1. The molecule has 0 bridgehead atoms. The van der Waals surface area contributed by atoms with Crippen LogP contribution in [0.3, 0.4) is 0 Å². The number of aryl methyl sites for hydroxylation is 1. The average molecular weight is 397 g/mol. The van der Waals surface area contributed by atoms with E-state index in [0.29, 0.717) is 27.4 Å². The summed E-state index contributed by atoms with van der Waals surface area (Å²) in [7, 11) is 1.71. The van der Waals surface area contributed by atoms with Crippen LogP contribution in [-0.4, -0.2) is 34.9 Å². The number of hydrogen-bond donors (Lipinski definition) is 1. The van der Waals surface area contributed by atoms with Crippen LogP contribution >= 0.6 is 11.6 Å². The van der Waals surface area contributed by atoms with Crippen LogP contribution in [0.15, 0.2) is 18.2 Å². The Morgan fingerprint density at radius 1 is 1.30 bits per heavy atom. The molecule has 0 amide bonds. The lowest BCUT2D eigenvalue weighted by Gasteiger charge is -2.21. The van der Waals surface area contributed by atoms with Gasteiger partial charge in [-0.25, -0.2) is 4.79 Å². The molecule has 0 radical (unpaired) electrons. The fourth-order valence-corrected chi connectivity index (χ4v) is 2.86. The number of nitrogens with two attached hydrogens (primary N) is 1. The third-order valence-corrected chi connectivity index (χ3v) is 3.99. The van der Waals surface area contributed by atoms with Gasteiger partial charge in [-0.2, -0.15) is 0 Å². The molecule has 2 aromatic rings. The summed E-state index contributed by atoms with van der Waals surface area (Å²) in [5.74, 6) is -0.515. The Hall–Kier alpha value is -2.25. The highest BCUT2D eigenvalue weighted by Gasteiger charge is 2.22. The Bertz CT molecular complexity index is 854. The Morgan fingerprint density at radius 2 is 1.96 bits per heavy atom. The van der Waals surface area contributed by atoms with Crippen LogP contribution in [0.1, 0.15) is 44.6 Å². The Kier molecular flexibility index (Phi) is 6.38. The number of carbonyl (C=O) groups is 2. The maximum atomic E-state index is 12.1. The van der Waals surface area contributed by atoms with Gasteiger partial charge >= 0.3 is 11.9 Å². The quantitative estimate of drug-likeness (QED) is 0.594. The van der Waals surface area contributed by atoms with Gasteiger partial charge in [-0.1, -0.05) is 11.6 Å². The largest absolute Gasteiger partial charge is 0.473 e. The maximum Gasteiger partial charge on any atom is 0.354 e. The average Bonchev–Trinajstić information content (AvgIpc) is 2.87. The molecular formula is C19H25ClN2O5. The molecule has 7 nitrogen and oxygen atoms in total. The molecule has 2 N–H and O–H groups in total. The standard InChI is InChI=1S/C19H25ClN2O5/c1-6-25-18(24)13-9-11-12(20)7-8-14(17(11)22(13)5)26-15(21)10-16(23)27-19(2,3)4/h7-9,15H,6,10,21H2,1-5H3. The highest BCUT2D eigenvalue weighted by Crippen LogP contribution is 2.34. The van der Waals surface area contributed by atoms with E-state index >= 15 is 0 Å². The molecule has 0 aliphatic rings. The molecule has 0 aliphatic carbocycles. The number of fused-ring (bicyclic) bond motifs is 1. The van der Waals surface area contributed by atoms with E-state index in [1.807, 2.05) is 0 Å². The normalized spacial score (nSPS) is 12.7. The second kappa shape index (κ2) is 8.19. The Morgan fingerprint density at radius 3 is 2.56 bits per heavy atom. The monoisotopic (exact) mass is 396 g/mol. The van der Waals surface area contributed by atoms with E-state index < -0.39 is 23.8 Å². The molecule has 27 heavy (non-hydrogen) atoms. The molecule has 148 valence electrons. The van der Waals surface area contributed by atoms with Crippen molar-refractivity contribution in [3.63, 3.8) is 0 Å². The van der Waals surface area contributed by atoms with Crippen molar-refractivity contribution < 1.29 is 23.8 Å². The molecule has 1 atom stereocenters. The van der Waals surface area contributed by atoms with Gasteiger partial charge in [0, 0.05) is 12.4 Å². The van der Waals surface area contributed by atoms with Gasteiger partial charge in [-0.15, -0.1) is 0 Å². The minimum atomic E-state index is -0.912. The van der Waals surface area contributed by atoms with Gasteiger partial charge in [0.05, 0.1) is 23.6 Å². The smallest absolute Gasteiger partial charge is 0.354 e. The summed E-state index contributed by atoms with van der Waals surface area (Å²) in [4.78, 5) is 24.1. The van der Waals surface area contributed by atoms with Crippen molar-refractivity contribution in [3.8, 4) is 5.75 Å². The number of esters is 2. The van der Waals surface area contributed by atoms with Crippen molar-refractivity contribution in [1.29, 1.82) is 0 Å². The first-order valence-corrected chi connectivity index (χ1v) is 9.00. The number of halogens is 1. The molecule has 0 saturated carbocycles. The van der Waals surface area contributed by atoms with Crippen molar-refractivity contribution in [3.05, 3.63) is 28.9 Å². The molecule has 0 spiro atoms. The van der Waals surface area contributed by atoms with Gasteiger partial charge in [-0.05, 0) is 45.9 Å². The van der Waals surface area contributed by atoms with E-state index in [-0.39, 0.29) is 13.0 Å². The highest BCUT2D eigenvalue weighted by atomic mass is 35.5. The predicted octanol–water partition coefficient (Wildman–Crippen LogP) is 3.40. The molecular weight excluding hydrogens is 372 g/mol. The third kappa shape index (κ3) is 5.14. The van der Waals surface area contributed by atoms with E-state index in [1.54, 1.807) is 57.5 Å². The summed E-state index contributed by atoms with van der Waals surface area (Å²) in [5.41, 5.74) is 6.29. The van der Waals surface area contributed by atoms with Crippen LogP contribution in [0.4, 0.5) is 0 Å². The molecule has 0 aliphatic heterocycles. The topological polar surface area (TPSA) is 92.8 Å². The minimum absolute atomic E-state index is 0.115. The van der Waals surface area contributed by atoms with Crippen LogP contribution in [0, 0.1) is 0 Å². The zero-order valence-corrected chi connectivity index (χ0v) is 16.9. The summed E-state index contributed by atoms with van der Waals surface area (Å²) in [6.07, 6.45) is -1.03. The Balaban J connectivity index is 2.29. The fourth-order valence-electron chi connectivity index (χ4n) is 2.65. The lowest BCUT2D eigenvalue weighted by atomic mass is 10.2. The SMILES string of the molecule is CCOC(=O)c1cc2c(Cl)ccc(OC(N)CC(=O)OC(C)(C)C)c2n1C. The van der Waals surface area contributed by atoms with Crippen molar-refractivity contribution in [2.45, 2.75) is 45.9 Å². The van der Waals surface area contributed by atoms with Crippen molar-refractivity contribution in [2.24, 2.45) is 12.8 Å². The van der Waals surface area contributed by atoms with Crippen LogP contribution in [0.2, 0.25) is 5.02 Å². The van der Waals surface area contributed by atoms with E-state index in [9.17, 15) is 9.59 Å². The van der Waals surface area contributed by atoms with E-state index in [4.69, 9.17) is 31.5 Å². The number of ether oxygens (including phenoxy) is 3. The summed E-state index contributed by atoms with van der Waals surface area (Å²) in [6.45, 7) is 7.33. The van der Waals surface area contributed by atoms with E-state index in [2.05, 4.69) is 0 Å². The lowest BCUT2D eigenvalue weighted by Crippen LogP contribution is -2.33. The van der Waals surface area contributed by atoms with Gasteiger partial charge in [0.25, 0.3) is 0 Å². The molecule has 2 rings (SSSR count). The second-order valence-corrected chi connectivity index (χ2v) is 7.47. The molecule has 0 fully saturated rings. The third-order valence-electron chi connectivity index (χ3n) is 3.66. The van der Waals surface area contributed by atoms with Crippen LogP contribution in [0.25, 0.3) is 10.9 Å². The number of carbonyl (C=O) groups excluding carboxylic acids is 2. The van der Waals surface area contributed by atoms with Crippen molar-refractivity contribution in [1.82, 2.24) is 4.57 Å². The molecule has 1 unspecified atom stereocenters. The summed E-state index contributed by atoms with van der Waals surface area (Å²) in [5, 5.41) is 1.09. The first kappa shape index (κ1) is 21.1. The van der Waals surface area contributed by atoms with Gasteiger partial charge in [-0.3, -0.25) is 10.5 Å². The summed E-state index contributed by atoms with van der Waals surface area (Å²) in [6, 6.07) is 4.94. The number of benzene rings is 1. The summed E-state index contributed by atoms with van der Waals surface area (Å²) >= 11 is 6.26. The zero-order chi connectivity index (χ0) is 20.4. The van der Waals surface area contributed by atoms with E-state index in [1.165, 1.54) is 0 Å².